The van der Waals surface area contributed by atoms with Gasteiger partial charge in [-0.3, -0.25) is 0 Å². The number of aryl methyl sites for hydroxylation is 1. The van der Waals surface area contributed by atoms with Crippen LogP contribution in [-0.4, -0.2) is 15.4 Å². The highest BCUT2D eigenvalue weighted by molar-refractivity contribution is 5.75. The molecule has 3 aromatic rings. The molecule has 0 aliphatic heterocycles. The molecule has 2 N–H and O–H groups in total. The van der Waals surface area contributed by atoms with E-state index in [1.807, 2.05) is 18.2 Å². The molecule has 1 aromatic heterocycles. The zero-order chi connectivity index (χ0) is 15.1. The van der Waals surface area contributed by atoms with E-state index >= 15 is 0 Å². The minimum atomic E-state index is 0.232. The number of benzene rings is 2. The van der Waals surface area contributed by atoms with Gasteiger partial charge in [0.2, 0.25) is 0 Å². The number of hydrogen-bond acceptors (Lipinski definition) is 4. The Morgan fingerprint density at radius 1 is 0.909 bits per heavy atom. The van der Waals surface area contributed by atoms with Crippen molar-refractivity contribution >= 4 is 0 Å². The Hall–Kier alpha value is -2.75. The van der Waals surface area contributed by atoms with Crippen LogP contribution in [0.5, 0.6) is 11.5 Å². The predicted octanol–water partition coefficient (Wildman–Crippen LogP) is 3.91. The molecule has 1 aliphatic rings. The molecule has 0 saturated heterocycles. The fourth-order valence-corrected chi connectivity index (χ4v) is 3.07. The number of phenols is 2. The maximum atomic E-state index is 9.67. The molecule has 0 amide bonds. The van der Waals surface area contributed by atoms with Crippen molar-refractivity contribution in [1.82, 2.24) is 5.16 Å². The fourth-order valence-electron chi connectivity index (χ4n) is 3.07. The second-order valence-electron chi connectivity index (χ2n) is 5.58. The van der Waals surface area contributed by atoms with Gasteiger partial charge < -0.3 is 14.7 Å². The lowest BCUT2D eigenvalue weighted by Gasteiger charge is -2.04. The van der Waals surface area contributed by atoms with Crippen LogP contribution in [0.4, 0.5) is 0 Å². The summed E-state index contributed by atoms with van der Waals surface area (Å²) in [5, 5.41) is 23.4. The van der Waals surface area contributed by atoms with Crippen LogP contribution in [-0.2, 0) is 12.8 Å². The summed E-state index contributed by atoms with van der Waals surface area (Å²) in [5.74, 6) is 1.27. The Morgan fingerprint density at radius 2 is 1.68 bits per heavy atom. The van der Waals surface area contributed by atoms with Crippen LogP contribution in [0.15, 0.2) is 47.0 Å². The number of fused-ring (bicyclic) bond motifs is 3. The zero-order valence-corrected chi connectivity index (χ0v) is 11.9. The van der Waals surface area contributed by atoms with Gasteiger partial charge >= 0.3 is 0 Å². The number of aromatic hydroxyl groups is 2. The lowest BCUT2D eigenvalue weighted by atomic mass is 10.00. The molecule has 1 heterocycles. The number of aromatic nitrogens is 1. The van der Waals surface area contributed by atoms with Gasteiger partial charge in [-0.2, -0.15) is 0 Å². The van der Waals surface area contributed by atoms with E-state index in [1.54, 1.807) is 24.3 Å². The van der Waals surface area contributed by atoms with Gasteiger partial charge in [-0.1, -0.05) is 5.16 Å². The second-order valence-corrected chi connectivity index (χ2v) is 5.58. The van der Waals surface area contributed by atoms with Crippen LogP contribution < -0.4 is 0 Å². The first kappa shape index (κ1) is 13.0. The Morgan fingerprint density at radius 3 is 2.50 bits per heavy atom. The van der Waals surface area contributed by atoms with E-state index in [0.29, 0.717) is 0 Å². The molecule has 0 bridgehead atoms. The average molecular weight is 293 g/mol. The SMILES string of the molecule is Oc1ccc(-c2onc3c2CCCc2cc(O)ccc2-3)cc1. The number of hydrogen-bond donors (Lipinski definition) is 2. The van der Waals surface area contributed by atoms with Crippen molar-refractivity contribution in [3.63, 3.8) is 0 Å². The normalized spacial score (nSPS) is 13.3. The van der Waals surface area contributed by atoms with Crippen molar-refractivity contribution in [2.75, 3.05) is 0 Å². The third-order valence-electron chi connectivity index (χ3n) is 4.13. The maximum Gasteiger partial charge on any atom is 0.170 e. The minimum Gasteiger partial charge on any atom is -0.508 e. The fraction of sp³-hybridized carbons (Fsp3) is 0.167. The summed E-state index contributed by atoms with van der Waals surface area (Å²) < 4.78 is 5.59. The predicted molar refractivity (Wildman–Crippen MR) is 82.7 cm³/mol. The summed E-state index contributed by atoms with van der Waals surface area (Å²) in [7, 11) is 0. The number of rotatable bonds is 1. The molecule has 0 spiro atoms. The average Bonchev–Trinajstić information content (AvgIpc) is 2.84. The second kappa shape index (κ2) is 4.91. The van der Waals surface area contributed by atoms with Crippen LogP contribution in [0.25, 0.3) is 22.6 Å². The molecule has 0 saturated carbocycles. The molecule has 4 nitrogen and oxygen atoms in total. The Balaban J connectivity index is 1.87. The first-order chi connectivity index (χ1) is 10.7. The van der Waals surface area contributed by atoms with E-state index in [-0.39, 0.29) is 11.5 Å². The number of nitrogens with zero attached hydrogens (tertiary/aromatic N) is 1. The molecule has 0 atom stereocenters. The Labute approximate surface area is 127 Å². The summed E-state index contributed by atoms with van der Waals surface area (Å²) in [6.45, 7) is 0. The monoisotopic (exact) mass is 293 g/mol. The summed E-state index contributed by atoms with van der Waals surface area (Å²) in [6, 6.07) is 12.3. The van der Waals surface area contributed by atoms with Crippen LogP contribution in [0.2, 0.25) is 0 Å². The quantitative estimate of drug-likeness (QED) is 0.714. The summed E-state index contributed by atoms with van der Waals surface area (Å²) in [5.41, 5.74) is 4.99. The molecule has 110 valence electrons. The summed E-state index contributed by atoms with van der Waals surface area (Å²) in [6.07, 6.45) is 2.77. The van der Waals surface area contributed by atoms with Crippen molar-refractivity contribution < 1.29 is 14.7 Å². The summed E-state index contributed by atoms with van der Waals surface area (Å²) >= 11 is 0. The molecule has 22 heavy (non-hydrogen) atoms. The smallest absolute Gasteiger partial charge is 0.170 e. The van der Waals surface area contributed by atoms with Gasteiger partial charge in [-0.15, -0.1) is 0 Å². The minimum absolute atomic E-state index is 0.232. The van der Waals surface area contributed by atoms with Gasteiger partial charge in [0.25, 0.3) is 0 Å². The lowest BCUT2D eigenvalue weighted by molar-refractivity contribution is 0.433. The first-order valence-electron chi connectivity index (χ1n) is 7.32. The Bertz CT molecular complexity index is 834. The van der Waals surface area contributed by atoms with Gasteiger partial charge in [0.15, 0.2) is 5.76 Å². The van der Waals surface area contributed by atoms with Crippen LogP contribution in [0.1, 0.15) is 17.5 Å². The third kappa shape index (κ3) is 2.04. The highest BCUT2D eigenvalue weighted by Gasteiger charge is 2.23. The Kier molecular flexibility index (Phi) is 2.89. The van der Waals surface area contributed by atoms with E-state index in [9.17, 15) is 10.2 Å². The zero-order valence-electron chi connectivity index (χ0n) is 11.9. The van der Waals surface area contributed by atoms with E-state index < -0.39 is 0 Å². The van der Waals surface area contributed by atoms with E-state index in [4.69, 9.17) is 4.52 Å². The van der Waals surface area contributed by atoms with Gasteiger partial charge in [-0.05, 0) is 67.3 Å². The molecule has 0 unspecified atom stereocenters. The first-order valence-corrected chi connectivity index (χ1v) is 7.32. The maximum absolute atomic E-state index is 9.67. The topological polar surface area (TPSA) is 66.5 Å². The van der Waals surface area contributed by atoms with Crippen molar-refractivity contribution in [3.05, 3.63) is 53.6 Å². The highest BCUT2D eigenvalue weighted by Crippen LogP contribution is 2.38. The van der Waals surface area contributed by atoms with Gasteiger partial charge in [0.1, 0.15) is 17.2 Å². The van der Waals surface area contributed by atoms with Crippen molar-refractivity contribution in [1.29, 1.82) is 0 Å². The van der Waals surface area contributed by atoms with Crippen molar-refractivity contribution in [2.45, 2.75) is 19.3 Å². The van der Waals surface area contributed by atoms with E-state index in [1.165, 1.54) is 0 Å². The molecule has 0 fully saturated rings. The third-order valence-corrected chi connectivity index (χ3v) is 4.13. The molecular weight excluding hydrogens is 278 g/mol. The standard InChI is InChI=1S/C18H15NO3/c20-13-6-4-11(5-7-13)18-16-3-1-2-12-10-14(21)8-9-15(12)17(16)19-22-18/h4-10,20-21H,1-3H2. The van der Waals surface area contributed by atoms with Crippen LogP contribution >= 0.6 is 0 Å². The van der Waals surface area contributed by atoms with Crippen molar-refractivity contribution in [2.24, 2.45) is 0 Å². The number of phenolic OH excluding ortho intramolecular Hbond substituents is 2. The molecule has 2 aromatic carbocycles. The van der Waals surface area contributed by atoms with Crippen LogP contribution in [0, 0.1) is 0 Å². The molecule has 0 radical (unpaired) electrons. The van der Waals surface area contributed by atoms with E-state index in [0.717, 1.165) is 53.0 Å². The highest BCUT2D eigenvalue weighted by atomic mass is 16.5. The van der Waals surface area contributed by atoms with E-state index in [2.05, 4.69) is 5.16 Å². The van der Waals surface area contributed by atoms with Crippen LogP contribution in [0.3, 0.4) is 0 Å². The van der Waals surface area contributed by atoms with Gasteiger partial charge in [-0.25, -0.2) is 0 Å². The molecule has 4 heteroatoms. The largest absolute Gasteiger partial charge is 0.508 e. The molecular formula is C18H15NO3. The molecule has 1 aliphatic carbocycles. The lowest BCUT2D eigenvalue weighted by Crippen LogP contribution is -1.87. The van der Waals surface area contributed by atoms with Gasteiger partial charge in [0.05, 0.1) is 0 Å². The molecule has 4 rings (SSSR count). The van der Waals surface area contributed by atoms with Crippen molar-refractivity contribution in [3.8, 4) is 34.1 Å². The summed E-state index contributed by atoms with van der Waals surface area (Å²) in [4.78, 5) is 0. The van der Waals surface area contributed by atoms with Gasteiger partial charge in [0, 0.05) is 16.7 Å².